The Morgan fingerprint density at radius 2 is 1.96 bits per heavy atom. The van der Waals surface area contributed by atoms with E-state index >= 15 is 0 Å². The minimum absolute atomic E-state index is 0.152. The lowest BCUT2D eigenvalue weighted by Crippen LogP contribution is -2.40. The standard InChI is InChI=1S/C22H36N2O2S/c1-4-14-23(2)15-7-5-6-8-16-26-21-11-9-20(10-12-21)24(3)22(25)19-13-17-27-18-19/h4,13,17-18,20-21H,1,5-12,14-16H2,2-3H3. The van der Waals surface area contributed by atoms with Crippen LogP contribution in [0, 0.1) is 0 Å². The fraction of sp³-hybridized carbons (Fsp3) is 0.682. The third-order valence-electron chi connectivity index (χ3n) is 5.51. The number of ether oxygens (including phenoxy) is 1. The first-order valence-electron chi connectivity index (χ1n) is 10.3. The molecule has 1 aromatic rings. The second-order valence-electron chi connectivity index (χ2n) is 7.69. The van der Waals surface area contributed by atoms with Crippen molar-refractivity contribution in [2.75, 3.05) is 33.8 Å². The molecule has 0 atom stereocenters. The van der Waals surface area contributed by atoms with Crippen molar-refractivity contribution in [1.29, 1.82) is 0 Å². The highest BCUT2D eigenvalue weighted by molar-refractivity contribution is 7.08. The zero-order chi connectivity index (χ0) is 19.5. The van der Waals surface area contributed by atoms with Gasteiger partial charge in [-0.05, 0) is 63.6 Å². The number of unbranched alkanes of at least 4 members (excludes halogenated alkanes) is 3. The van der Waals surface area contributed by atoms with E-state index in [4.69, 9.17) is 4.74 Å². The Labute approximate surface area is 169 Å². The summed E-state index contributed by atoms with van der Waals surface area (Å²) in [6.07, 6.45) is 11.5. The Balaban J connectivity index is 1.52. The summed E-state index contributed by atoms with van der Waals surface area (Å²) in [6.45, 7) is 6.77. The van der Waals surface area contributed by atoms with E-state index in [1.807, 2.05) is 34.9 Å². The molecule has 0 saturated heterocycles. The molecule has 2 rings (SSSR count). The number of carbonyl (C=O) groups excluding carboxylic acids is 1. The fourth-order valence-electron chi connectivity index (χ4n) is 3.75. The molecule has 0 radical (unpaired) electrons. The predicted octanol–water partition coefficient (Wildman–Crippen LogP) is 4.83. The maximum absolute atomic E-state index is 12.5. The predicted molar refractivity (Wildman–Crippen MR) is 115 cm³/mol. The van der Waals surface area contributed by atoms with Crippen LogP contribution in [0.3, 0.4) is 0 Å². The quantitative estimate of drug-likeness (QED) is 0.377. The number of thiophene rings is 1. The number of carbonyl (C=O) groups is 1. The molecule has 1 aliphatic rings. The van der Waals surface area contributed by atoms with Gasteiger partial charge in [-0.3, -0.25) is 4.79 Å². The van der Waals surface area contributed by atoms with Gasteiger partial charge in [0.05, 0.1) is 11.7 Å². The average molecular weight is 393 g/mol. The fourth-order valence-corrected chi connectivity index (χ4v) is 4.38. The number of hydrogen-bond donors (Lipinski definition) is 0. The molecule has 1 heterocycles. The first-order valence-corrected chi connectivity index (χ1v) is 11.3. The average Bonchev–Trinajstić information content (AvgIpc) is 3.21. The van der Waals surface area contributed by atoms with Crippen LogP contribution in [-0.4, -0.2) is 61.6 Å². The van der Waals surface area contributed by atoms with Gasteiger partial charge in [0, 0.05) is 31.6 Å². The van der Waals surface area contributed by atoms with Gasteiger partial charge in [0.15, 0.2) is 0 Å². The van der Waals surface area contributed by atoms with E-state index in [0.717, 1.165) is 57.4 Å². The highest BCUT2D eigenvalue weighted by Crippen LogP contribution is 2.26. The molecule has 1 amide bonds. The summed E-state index contributed by atoms with van der Waals surface area (Å²) in [7, 11) is 4.09. The Bertz CT molecular complexity index is 539. The van der Waals surface area contributed by atoms with Crippen molar-refractivity contribution in [3.8, 4) is 0 Å². The van der Waals surface area contributed by atoms with E-state index < -0.39 is 0 Å². The molecule has 1 fully saturated rings. The van der Waals surface area contributed by atoms with Gasteiger partial charge < -0.3 is 14.5 Å². The number of rotatable bonds is 12. The largest absolute Gasteiger partial charge is 0.378 e. The molecule has 0 N–H and O–H groups in total. The number of likely N-dealkylation sites (N-methyl/N-ethyl adjacent to an activating group) is 1. The van der Waals surface area contributed by atoms with E-state index in [-0.39, 0.29) is 5.91 Å². The van der Waals surface area contributed by atoms with Crippen molar-refractivity contribution in [3.63, 3.8) is 0 Å². The maximum atomic E-state index is 12.5. The Morgan fingerprint density at radius 1 is 1.22 bits per heavy atom. The summed E-state index contributed by atoms with van der Waals surface area (Å²) >= 11 is 1.58. The molecule has 1 aromatic heterocycles. The van der Waals surface area contributed by atoms with Crippen LogP contribution in [0.2, 0.25) is 0 Å². The minimum Gasteiger partial charge on any atom is -0.378 e. The van der Waals surface area contributed by atoms with E-state index in [2.05, 4.69) is 18.5 Å². The molecule has 4 nitrogen and oxygen atoms in total. The van der Waals surface area contributed by atoms with Crippen molar-refractivity contribution in [3.05, 3.63) is 35.0 Å². The molecule has 0 spiro atoms. The minimum atomic E-state index is 0.152. The smallest absolute Gasteiger partial charge is 0.254 e. The summed E-state index contributed by atoms with van der Waals surface area (Å²) in [4.78, 5) is 16.7. The van der Waals surface area contributed by atoms with Crippen LogP contribution < -0.4 is 0 Å². The monoisotopic (exact) mass is 392 g/mol. The Morgan fingerprint density at radius 3 is 2.63 bits per heavy atom. The van der Waals surface area contributed by atoms with E-state index in [1.54, 1.807) is 11.3 Å². The van der Waals surface area contributed by atoms with Crippen molar-refractivity contribution >= 4 is 17.2 Å². The molecule has 5 heteroatoms. The molecule has 0 unspecified atom stereocenters. The third kappa shape index (κ3) is 7.76. The van der Waals surface area contributed by atoms with Gasteiger partial charge in [-0.2, -0.15) is 11.3 Å². The van der Waals surface area contributed by atoms with E-state index in [0.29, 0.717) is 12.1 Å². The summed E-state index contributed by atoms with van der Waals surface area (Å²) in [5.41, 5.74) is 0.816. The number of nitrogens with zero attached hydrogens (tertiary/aromatic N) is 2. The number of amides is 1. The molecule has 0 aliphatic heterocycles. The normalized spacial score (nSPS) is 20.0. The first-order chi connectivity index (χ1) is 13.1. The van der Waals surface area contributed by atoms with Crippen molar-refractivity contribution in [1.82, 2.24) is 9.80 Å². The highest BCUT2D eigenvalue weighted by atomic mass is 32.1. The summed E-state index contributed by atoms with van der Waals surface area (Å²) < 4.78 is 6.08. The van der Waals surface area contributed by atoms with Crippen LogP contribution in [0.25, 0.3) is 0 Å². The zero-order valence-electron chi connectivity index (χ0n) is 17.1. The van der Waals surface area contributed by atoms with Crippen molar-refractivity contribution < 1.29 is 9.53 Å². The first kappa shape index (κ1) is 22.1. The van der Waals surface area contributed by atoms with Crippen LogP contribution in [0.1, 0.15) is 61.7 Å². The number of hydrogen-bond acceptors (Lipinski definition) is 4. The molecular weight excluding hydrogens is 356 g/mol. The summed E-state index contributed by atoms with van der Waals surface area (Å²) in [5.74, 6) is 0.152. The maximum Gasteiger partial charge on any atom is 0.254 e. The van der Waals surface area contributed by atoms with E-state index in [9.17, 15) is 4.79 Å². The van der Waals surface area contributed by atoms with Gasteiger partial charge in [-0.15, -0.1) is 6.58 Å². The van der Waals surface area contributed by atoms with Gasteiger partial charge in [0.1, 0.15) is 0 Å². The Kier molecular flexibility index (Phi) is 10.1. The summed E-state index contributed by atoms with van der Waals surface area (Å²) in [5, 5.41) is 3.90. The van der Waals surface area contributed by atoms with Crippen molar-refractivity contribution in [2.24, 2.45) is 0 Å². The van der Waals surface area contributed by atoms with Crippen LogP contribution in [0.5, 0.6) is 0 Å². The van der Waals surface area contributed by atoms with Gasteiger partial charge in [0.25, 0.3) is 5.91 Å². The third-order valence-corrected chi connectivity index (χ3v) is 6.19. The van der Waals surface area contributed by atoms with Gasteiger partial charge in [0.2, 0.25) is 0 Å². The van der Waals surface area contributed by atoms with Crippen LogP contribution in [0.4, 0.5) is 0 Å². The molecule has 0 aromatic carbocycles. The van der Waals surface area contributed by atoms with Gasteiger partial charge in [-0.1, -0.05) is 18.9 Å². The molecule has 27 heavy (non-hydrogen) atoms. The van der Waals surface area contributed by atoms with Gasteiger partial charge >= 0.3 is 0 Å². The van der Waals surface area contributed by atoms with Crippen LogP contribution in [-0.2, 0) is 4.74 Å². The zero-order valence-corrected chi connectivity index (χ0v) is 17.9. The lowest BCUT2D eigenvalue weighted by Gasteiger charge is -2.34. The molecule has 152 valence electrons. The second kappa shape index (κ2) is 12.3. The van der Waals surface area contributed by atoms with E-state index in [1.165, 1.54) is 19.3 Å². The lowest BCUT2D eigenvalue weighted by atomic mass is 9.91. The van der Waals surface area contributed by atoms with Crippen molar-refractivity contribution in [2.45, 2.75) is 63.5 Å². The highest BCUT2D eigenvalue weighted by Gasteiger charge is 2.27. The topological polar surface area (TPSA) is 32.8 Å². The SMILES string of the molecule is C=CCN(C)CCCCCCOC1CCC(N(C)C(=O)c2ccsc2)CC1. The summed E-state index contributed by atoms with van der Waals surface area (Å²) in [6, 6.07) is 2.26. The Hall–Kier alpha value is -1.17. The van der Waals surface area contributed by atoms with Crippen LogP contribution in [0.15, 0.2) is 29.5 Å². The lowest BCUT2D eigenvalue weighted by molar-refractivity contribution is 0.00909. The molecular formula is C22H36N2O2S. The van der Waals surface area contributed by atoms with Gasteiger partial charge in [-0.25, -0.2) is 0 Å². The molecule has 0 bridgehead atoms. The molecule has 1 aliphatic carbocycles. The second-order valence-corrected chi connectivity index (χ2v) is 8.47. The molecule has 1 saturated carbocycles. The van der Waals surface area contributed by atoms with Crippen LogP contribution >= 0.6 is 11.3 Å².